The Morgan fingerprint density at radius 1 is 1.16 bits per heavy atom. The van der Waals surface area contributed by atoms with Gasteiger partial charge in [-0.25, -0.2) is 0 Å². The van der Waals surface area contributed by atoms with Crippen LogP contribution in [-0.4, -0.2) is 53.1 Å². The molecule has 5 rings (SSSR count). The zero-order chi connectivity index (χ0) is 21.5. The van der Waals surface area contributed by atoms with Crippen molar-refractivity contribution in [3.8, 4) is 0 Å². The topological polar surface area (TPSA) is 77.8 Å². The monoisotopic (exact) mass is 418 g/mol. The van der Waals surface area contributed by atoms with Crippen molar-refractivity contribution in [2.24, 2.45) is 0 Å². The number of aryl methyl sites for hydroxylation is 1. The molecule has 3 heterocycles. The Kier molecular flexibility index (Phi) is 4.90. The summed E-state index contributed by atoms with van der Waals surface area (Å²) in [5.41, 5.74) is 5.10. The van der Waals surface area contributed by atoms with E-state index in [0.717, 1.165) is 28.9 Å². The number of hydrogen-bond donors (Lipinski definition) is 2. The van der Waals surface area contributed by atoms with Gasteiger partial charge in [0.15, 0.2) is 0 Å². The van der Waals surface area contributed by atoms with Crippen molar-refractivity contribution in [3.05, 3.63) is 65.4 Å². The van der Waals surface area contributed by atoms with Crippen LogP contribution in [0, 0.1) is 0 Å². The van der Waals surface area contributed by atoms with Crippen LogP contribution >= 0.6 is 0 Å². The number of fused-ring (bicyclic) bond motifs is 6. The SMILES string of the molecule is CN1c2ccccc2C(=O)N2CCc3c(n(CCC(=O)NCCO)c4ccccc34)C21. The molecule has 2 aliphatic rings. The fourth-order valence-corrected chi connectivity index (χ4v) is 5.05. The zero-order valence-electron chi connectivity index (χ0n) is 17.5. The Morgan fingerprint density at radius 3 is 2.77 bits per heavy atom. The number of rotatable bonds is 5. The third-order valence-corrected chi connectivity index (χ3v) is 6.40. The number of carbonyl (C=O) groups excluding carboxylic acids is 2. The van der Waals surface area contributed by atoms with E-state index < -0.39 is 0 Å². The lowest BCUT2D eigenvalue weighted by molar-refractivity contribution is -0.121. The highest BCUT2D eigenvalue weighted by atomic mass is 16.3. The molecule has 2 amide bonds. The first kappa shape index (κ1) is 19.6. The molecule has 2 N–H and O–H groups in total. The van der Waals surface area contributed by atoms with Crippen molar-refractivity contribution in [3.63, 3.8) is 0 Å². The van der Waals surface area contributed by atoms with Crippen molar-refractivity contribution in [2.45, 2.75) is 25.6 Å². The third-order valence-electron chi connectivity index (χ3n) is 6.40. The lowest BCUT2D eigenvalue weighted by Crippen LogP contribution is -2.51. The number of anilines is 1. The number of para-hydroxylation sites is 2. The van der Waals surface area contributed by atoms with Crippen LogP contribution in [0.3, 0.4) is 0 Å². The predicted octanol–water partition coefficient (Wildman–Crippen LogP) is 2.29. The number of aliphatic hydroxyl groups excluding tert-OH is 1. The standard InChI is InChI=1S/C24H26N4O3/c1-26-19-8-4-3-7-18(19)24(31)28-13-10-17-16-6-2-5-9-20(16)27(22(17)23(26)28)14-11-21(30)25-12-15-29/h2-9,23,29H,10-15H2,1H3,(H,25,30). The highest BCUT2D eigenvalue weighted by Gasteiger charge is 2.42. The molecule has 0 fully saturated rings. The largest absolute Gasteiger partial charge is 0.395 e. The maximum atomic E-state index is 13.3. The highest BCUT2D eigenvalue weighted by molar-refractivity contribution is 6.02. The molecule has 1 aromatic heterocycles. The molecule has 2 aromatic carbocycles. The van der Waals surface area contributed by atoms with Gasteiger partial charge in [-0.15, -0.1) is 0 Å². The van der Waals surface area contributed by atoms with Gasteiger partial charge in [-0.3, -0.25) is 9.59 Å². The number of carbonyl (C=O) groups is 2. The molecular weight excluding hydrogens is 392 g/mol. The minimum Gasteiger partial charge on any atom is -0.395 e. The maximum absolute atomic E-state index is 13.3. The van der Waals surface area contributed by atoms with Crippen LogP contribution in [0.1, 0.15) is 34.2 Å². The lowest BCUT2D eigenvalue weighted by Gasteiger charge is -2.46. The molecule has 0 aliphatic carbocycles. The number of hydrogen-bond acceptors (Lipinski definition) is 4. The van der Waals surface area contributed by atoms with Gasteiger partial charge in [-0.05, 0) is 30.2 Å². The van der Waals surface area contributed by atoms with Gasteiger partial charge < -0.3 is 24.8 Å². The summed E-state index contributed by atoms with van der Waals surface area (Å²) in [7, 11) is 2.04. The van der Waals surface area contributed by atoms with Crippen LogP contribution in [0.2, 0.25) is 0 Å². The molecular formula is C24H26N4O3. The predicted molar refractivity (Wildman–Crippen MR) is 119 cm³/mol. The zero-order valence-corrected chi connectivity index (χ0v) is 17.5. The molecule has 7 nitrogen and oxygen atoms in total. The van der Waals surface area contributed by atoms with E-state index in [4.69, 9.17) is 5.11 Å². The van der Waals surface area contributed by atoms with Crippen LogP contribution in [0.4, 0.5) is 5.69 Å². The second-order valence-electron chi connectivity index (χ2n) is 8.11. The quantitative estimate of drug-likeness (QED) is 0.667. The molecule has 0 saturated carbocycles. The first-order valence-electron chi connectivity index (χ1n) is 10.7. The normalized spacial score (nSPS) is 17.4. The molecule has 2 aliphatic heterocycles. The van der Waals surface area contributed by atoms with E-state index in [-0.39, 0.29) is 31.1 Å². The van der Waals surface area contributed by atoms with E-state index in [0.29, 0.717) is 19.5 Å². The van der Waals surface area contributed by atoms with Crippen molar-refractivity contribution < 1.29 is 14.7 Å². The summed E-state index contributed by atoms with van der Waals surface area (Å²) in [6.45, 7) is 1.37. The van der Waals surface area contributed by atoms with Gasteiger partial charge >= 0.3 is 0 Å². The third kappa shape index (κ3) is 3.08. The van der Waals surface area contributed by atoms with Gasteiger partial charge in [0.2, 0.25) is 5.91 Å². The Morgan fingerprint density at radius 2 is 1.94 bits per heavy atom. The number of nitrogens with zero attached hydrogens (tertiary/aromatic N) is 3. The van der Waals surface area contributed by atoms with E-state index in [9.17, 15) is 9.59 Å². The van der Waals surface area contributed by atoms with Gasteiger partial charge in [-0.1, -0.05) is 30.3 Å². The Hall–Kier alpha value is -3.32. The lowest BCUT2D eigenvalue weighted by atomic mass is 9.96. The average molecular weight is 418 g/mol. The molecule has 160 valence electrons. The summed E-state index contributed by atoms with van der Waals surface area (Å²) in [5, 5.41) is 12.9. The summed E-state index contributed by atoms with van der Waals surface area (Å²) in [4.78, 5) is 29.7. The minimum absolute atomic E-state index is 0.0573. The van der Waals surface area contributed by atoms with E-state index in [1.807, 2.05) is 48.3 Å². The Bertz CT molecular complexity index is 1170. The van der Waals surface area contributed by atoms with Crippen LogP contribution in [0.25, 0.3) is 10.9 Å². The van der Waals surface area contributed by atoms with Gasteiger partial charge in [0, 0.05) is 44.0 Å². The van der Waals surface area contributed by atoms with E-state index in [1.54, 1.807) is 0 Å². The smallest absolute Gasteiger partial charge is 0.257 e. The number of nitrogens with one attached hydrogen (secondary N) is 1. The summed E-state index contributed by atoms with van der Waals surface area (Å²) in [6.07, 6.45) is 0.892. The highest BCUT2D eigenvalue weighted by Crippen LogP contribution is 2.44. The summed E-state index contributed by atoms with van der Waals surface area (Å²) in [5.74, 6) is -0.0338. The molecule has 0 spiro atoms. The first-order chi connectivity index (χ1) is 15.1. The van der Waals surface area contributed by atoms with E-state index in [1.165, 1.54) is 10.9 Å². The van der Waals surface area contributed by atoms with Gasteiger partial charge in [0.25, 0.3) is 5.91 Å². The van der Waals surface area contributed by atoms with Crippen molar-refractivity contribution >= 4 is 28.4 Å². The second kappa shape index (κ2) is 7.74. The molecule has 31 heavy (non-hydrogen) atoms. The molecule has 1 atom stereocenters. The number of benzene rings is 2. The molecule has 0 radical (unpaired) electrons. The van der Waals surface area contributed by atoms with Crippen LogP contribution in [-0.2, 0) is 17.8 Å². The van der Waals surface area contributed by atoms with Crippen molar-refractivity contribution in [1.82, 2.24) is 14.8 Å². The maximum Gasteiger partial charge on any atom is 0.257 e. The number of amides is 2. The van der Waals surface area contributed by atoms with Gasteiger partial charge in [0.1, 0.15) is 6.17 Å². The van der Waals surface area contributed by atoms with Crippen molar-refractivity contribution in [2.75, 3.05) is 31.6 Å². The van der Waals surface area contributed by atoms with Crippen LogP contribution in [0.15, 0.2) is 48.5 Å². The molecule has 7 heteroatoms. The van der Waals surface area contributed by atoms with E-state index >= 15 is 0 Å². The Balaban J connectivity index is 1.61. The molecule has 0 bridgehead atoms. The summed E-state index contributed by atoms with van der Waals surface area (Å²) >= 11 is 0. The summed E-state index contributed by atoms with van der Waals surface area (Å²) < 4.78 is 2.21. The van der Waals surface area contributed by atoms with Crippen LogP contribution < -0.4 is 10.2 Å². The van der Waals surface area contributed by atoms with Gasteiger partial charge in [-0.2, -0.15) is 0 Å². The minimum atomic E-state index is -0.209. The second-order valence-corrected chi connectivity index (χ2v) is 8.11. The summed E-state index contributed by atoms with van der Waals surface area (Å²) in [6, 6.07) is 16.0. The van der Waals surface area contributed by atoms with Crippen LogP contribution in [0.5, 0.6) is 0 Å². The fourth-order valence-electron chi connectivity index (χ4n) is 5.05. The van der Waals surface area contributed by atoms with Gasteiger partial charge in [0.05, 0.1) is 23.6 Å². The fraction of sp³-hybridized carbons (Fsp3) is 0.333. The molecule has 0 saturated heterocycles. The Labute approximate surface area is 180 Å². The van der Waals surface area contributed by atoms with E-state index in [2.05, 4.69) is 26.9 Å². The molecule has 1 unspecified atom stereocenters. The first-order valence-corrected chi connectivity index (χ1v) is 10.7. The number of aliphatic hydroxyl groups is 1. The molecule has 3 aromatic rings. The number of aromatic nitrogens is 1. The van der Waals surface area contributed by atoms with Crippen molar-refractivity contribution in [1.29, 1.82) is 0 Å². The average Bonchev–Trinajstić information content (AvgIpc) is 3.13.